The zero-order valence-corrected chi connectivity index (χ0v) is 13.2. The molecule has 1 unspecified atom stereocenters. The molecule has 0 saturated carbocycles. The van der Waals surface area contributed by atoms with Gasteiger partial charge in [-0.05, 0) is 61.4 Å². The smallest absolute Gasteiger partial charge is 0.118 e. The molecule has 1 aromatic carbocycles. The van der Waals surface area contributed by atoms with Crippen LogP contribution in [0.3, 0.4) is 0 Å². The number of nitrogens with two attached hydrogens (primary N) is 1. The van der Waals surface area contributed by atoms with Crippen molar-refractivity contribution in [3.8, 4) is 5.75 Å². The van der Waals surface area contributed by atoms with Gasteiger partial charge in [-0.25, -0.2) is 0 Å². The summed E-state index contributed by atoms with van der Waals surface area (Å²) in [5, 5.41) is 0. The van der Waals surface area contributed by atoms with Gasteiger partial charge in [0.1, 0.15) is 5.75 Å². The molecule has 1 aromatic heterocycles. The molecule has 3 N–H and O–H groups in total. The molecule has 112 valence electrons. The van der Waals surface area contributed by atoms with Gasteiger partial charge in [0.15, 0.2) is 0 Å². The molecule has 4 heteroatoms. The number of rotatable bonds is 6. The van der Waals surface area contributed by atoms with E-state index in [9.17, 15) is 0 Å². The average molecular weight is 302 g/mol. The minimum absolute atomic E-state index is 0.253. The molecule has 0 spiro atoms. The molecule has 0 amide bonds. The highest BCUT2D eigenvalue weighted by Gasteiger charge is 2.19. The second kappa shape index (κ2) is 6.60. The molecule has 1 heterocycles. The van der Waals surface area contributed by atoms with Gasteiger partial charge < -0.3 is 4.74 Å². The molecule has 1 atom stereocenters. The third-order valence-corrected chi connectivity index (χ3v) is 5.54. The van der Waals surface area contributed by atoms with Crippen LogP contribution in [0.2, 0.25) is 0 Å². The summed E-state index contributed by atoms with van der Waals surface area (Å²) >= 11 is 1.93. The summed E-state index contributed by atoms with van der Waals surface area (Å²) in [7, 11) is 1.69. The van der Waals surface area contributed by atoms with Crippen LogP contribution in [0, 0.1) is 0 Å². The van der Waals surface area contributed by atoms with E-state index in [0.29, 0.717) is 0 Å². The number of hydrogen-bond acceptors (Lipinski definition) is 4. The van der Waals surface area contributed by atoms with E-state index in [-0.39, 0.29) is 6.04 Å². The Hall–Kier alpha value is -1.36. The second-order valence-corrected chi connectivity index (χ2v) is 6.73. The molecule has 3 nitrogen and oxygen atoms in total. The normalized spacial score (nSPS) is 15.0. The van der Waals surface area contributed by atoms with Gasteiger partial charge in [0.2, 0.25) is 0 Å². The van der Waals surface area contributed by atoms with Crippen molar-refractivity contribution in [2.75, 3.05) is 7.11 Å². The van der Waals surface area contributed by atoms with Crippen LogP contribution in [0.1, 0.15) is 39.8 Å². The Kier molecular flexibility index (Phi) is 4.58. The van der Waals surface area contributed by atoms with Crippen molar-refractivity contribution >= 4 is 11.3 Å². The molecule has 3 rings (SSSR count). The predicted octanol–water partition coefficient (Wildman–Crippen LogP) is 3.38. The van der Waals surface area contributed by atoms with Crippen molar-refractivity contribution in [2.24, 2.45) is 5.84 Å². The lowest BCUT2D eigenvalue weighted by Crippen LogP contribution is -2.27. The van der Waals surface area contributed by atoms with Crippen LogP contribution in [0.5, 0.6) is 5.75 Å². The Morgan fingerprint density at radius 3 is 2.76 bits per heavy atom. The number of hydrogen-bond donors (Lipinski definition) is 2. The monoisotopic (exact) mass is 302 g/mol. The lowest BCUT2D eigenvalue weighted by Gasteiger charge is -2.14. The topological polar surface area (TPSA) is 47.3 Å². The summed E-state index contributed by atoms with van der Waals surface area (Å²) in [6.07, 6.45) is 5.83. The van der Waals surface area contributed by atoms with Crippen LogP contribution >= 0.6 is 11.3 Å². The largest absolute Gasteiger partial charge is 0.497 e. The zero-order chi connectivity index (χ0) is 14.7. The molecule has 1 aliphatic carbocycles. The highest BCUT2D eigenvalue weighted by molar-refractivity contribution is 7.12. The molecule has 0 bridgehead atoms. The molecule has 0 radical (unpaired) electrons. The van der Waals surface area contributed by atoms with Crippen molar-refractivity contribution in [1.29, 1.82) is 0 Å². The van der Waals surface area contributed by atoms with Crippen molar-refractivity contribution in [1.82, 2.24) is 5.43 Å². The SMILES string of the molecule is COc1ccc(CCC(NN)c2cc3c(s2)CCC3)cc1. The van der Waals surface area contributed by atoms with Crippen molar-refractivity contribution in [3.63, 3.8) is 0 Å². The minimum atomic E-state index is 0.253. The Bertz CT molecular complexity index is 570. The van der Waals surface area contributed by atoms with E-state index >= 15 is 0 Å². The maximum Gasteiger partial charge on any atom is 0.118 e. The first kappa shape index (κ1) is 14.6. The summed E-state index contributed by atoms with van der Waals surface area (Å²) < 4.78 is 5.19. The van der Waals surface area contributed by atoms with Crippen LogP contribution in [-0.4, -0.2) is 7.11 Å². The van der Waals surface area contributed by atoms with Crippen molar-refractivity contribution in [3.05, 3.63) is 51.2 Å². The maximum atomic E-state index is 5.77. The summed E-state index contributed by atoms with van der Waals surface area (Å²) in [5.74, 6) is 6.67. The fraction of sp³-hybridized carbons (Fsp3) is 0.412. The predicted molar refractivity (Wildman–Crippen MR) is 87.7 cm³/mol. The van der Waals surface area contributed by atoms with E-state index in [4.69, 9.17) is 10.6 Å². The van der Waals surface area contributed by atoms with Gasteiger partial charge in [0.25, 0.3) is 0 Å². The second-order valence-electron chi connectivity index (χ2n) is 5.56. The lowest BCUT2D eigenvalue weighted by atomic mass is 10.0. The summed E-state index contributed by atoms with van der Waals surface area (Å²) in [5.41, 5.74) is 5.85. The first-order valence-corrected chi connectivity index (χ1v) is 8.32. The minimum Gasteiger partial charge on any atom is -0.497 e. The third kappa shape index (κ3) is 3.28. The standard InChI is InChI=1S/C17H22N2OS/c1-20-14-8-5-12(6-9-14)7-10-15(19-18)17-11-13-3-2-4-16(13)21-17/h5-6,8-9,11,15,19H,2-4,7,10,18H2,1H3. The molecular weight excluding hydrogens is 280 g/mol. The van der Waals surface area contributed by atoms with Crippen LogP contribution < -0.4 is 16.0 Å². The van der Waals surface area contributed by atoms with Crippen LogP contribution in [-0.2, 0) is 19.3 Å². The van der Waals surface area contributed by atoms with Gasteiger partial charge in [-0.1, -0.05) is 12.1 Å². The highest BCUT2D eigenvalue weighted by Crippen LogP contribution is 2.34. The van der Waals surface area contributed by atoms with Crippen molar-refractivity contribution < 1.29 is 4.74 Å². The summed E-state index contributed by atoms with van der Waals surface area (Å²) in [4.78, 5) is 2.95. The van der Waals surface area contributed by atoms with E-state index in [1.54, 1.807) is 17.6 Å². The van der Waals surface area contributed by atoms with E-state index in [2.05, 4.69) is 23.6 Å². The van der Waals surface area contributed by atoms with Crippen molar-refractivity contribution in [2.45, 2.75) is 38.1 Å². The average Bonchev–Trinajstić information content (AvgIpc) is 3.10. The molecule has 2 aromatic rings. The Morgan fingerprint density at radius 1 is 1.29 bits per heavy atom. The van der Waals surface area contributed by atoms with E-state index in [1.807, 2.05) is 23.5 Å². The van der Waals surface area contributed by atoms with Crippen LogP contribution in [0.15, 0.2) is 30.3 Å². The first-order chi connectivity index (χ1) is 10.3. The Balaban J connectivity index is 1.63. The molecular formula is C17H22N2OS. The molecule has 0 saturated heterocycles. The number of hydrazine groups is 1. The van der Waals surface area contributed by atoms with Crippen LogP contribution in [0.4, 0.5) is 0 Å². The Labute approximate surface area is 130 Å². The molecule has 0 aliphatic heterocycles. The molecule has 1 aliphatic rings. The fourth-order valence-corrected chi connectivity index (χ4v) is 4.29. The van der Waals surface area contributed by atoms with Gasteiger partial charge in [0.05, 0.1) is 13.2 Å². The molecule has 0 fully saturated rings. The zero-order valence-electron chi connectivity index (χ0n) is 12.4. The lowest BCUT2D eigenvalue weighted by molar-refractivity contribution is 0.414. The molecule has 21 heavy (non-hydrogen) atoms. The number of nitrogens with one attached hydrogen (secondary N) is 1. The number of methoxy groups -OCH3 is 1. The highest BCUT2D eigenvalue weighted by atomic mass is 32.1. The number of aryl methyl sites for hydroxylation is 3. The van der Waals surface area contributed by atoms with Gasteiger partial charge in [-0.15, -0.1) is 11.3 Å². The number of fused-ring (bicyclic) bond motifs is 1. The fourth-order valence-electron chi connectivity index (χ4n) is 2.93. The summed E-state index contributed by atoms with van der Waals surface area (Å²) in [6, 6.07) is 10.9. The number of ether oxygens (including phenoxy) is 1. The van der Waals surface area contributed by atoms with Crippen LogP contribution in [0.25, 0.3) is 0 Å². The Morgan fingerprint density at radius 2 is 2.10 bits per heavy atom. The number of benzene rings is 1. The van der Waals surface area contributed by atoms with Gasteiger partial charge >= 0.3 is 0 Å². The van der Waals surface area contributed by atoms with Gasteiger partial charge in [-0.2, -0.15) is 0 Å². The maximum absolute atomic E-state index is 5.77. The first-order valence-electron chi connectivity index (χ1n) is 7.50. The van der Waals surface area contributed by atoms with E-state index < -0.39 is 0 Å². The third-order valence-electron chi connectivity index (χ3n) is 4.19. The number of thiophene rings is 1. The summed E-state index contributed by atoms with van der Waals surface area (Å²) in [6.45, 7) is 0. The quantitative estimate of drug-likeness (QED) is 0.635. The van der Waals surface area contributed by atoms with E-state index in [1.165, 1.54) is 29.7 Å². The van der Waals surface area contributed by atoms with Gasteiger partial charge in [0, 0.05) is 9.75 Å². The van der Waals surface area contributed by atoms with Gasteiger partial charge in [-0.3, -0.25) is 11.3 Å². The van der Waals surface area contributed by atoms with E-state index in [0.717, 1.165) is 18.6 Å².